The minimum atomic E-state index is 0.121. The number of nitrogens with zero attached hydrogens (tertiary/aromatic N) is 2. The first-order valence-electron chi connectivity index (χ1n) is 8.07. The fourth-order valence-electron chi connectivity index (χ4n) is 2.33. The predicted octanol–water partition coefficient (Wildman–Crippen LogP) is 4.33. The Morgan fingerprint density at radius 2 is 1.72 bits per heavy atom. The molecule has 3 N–H and O–H groups in total. The molecule has 0 bridgehead atoms. The van der Waals surface area contributed by atoms with E-state index in [-0.39, 0.29) is 6.61 Å². The summed E-state index contributed by atoms with van der Waals surface area (Å²) >= 11 is 6.22. The second kappa shape index (κ2) is 8.46. The highest BCUT2D eigenvalue weighted by Gasteiger charge is 2.08. The molecule has 0 saturated carbocycles. The molecule has 0 spiro atoms. The molecular weight excluding hydrogens is 336 g/mol. The third-order valence-electron chi connectivity index (χ3n) is 3.55. The van der Waals surface area contributed by atoms with Crippen LogP contribution in [0, 0.1) is 0 Å². The van der Waals surface area contributed by atoms with Gasteiger partial charge in [-0.05, 0) is 18.6 Å². The molecule has 0 atom stereocenters. The number of hydrogen-bond acceptors (Lipinski definition) is 5. The number of rotatable bonds is 7. The molecule has 1 heterocycles. The van der Waals surface area contributed by atoms with Crippen molar-refractivity contribution in [1.29, 1.82) is 0 Å². The second-order valence-corrected chi connectivity index (χ2v) is 5.84. The fraction of sp³-hybridized carbons (Fsp3) is 0.158. The molecule has 0 amide bonds. The first kappa shape index (κ1) is 17.2. The molecule has 5 nitrogen and oxygen atoms in total. The molecule has 3 rings (SSSR count). The van der Waals surface area contributed by atoms with Crippen molar-refractivity contribution in [3.63, 3.8) is 0 Å². The maximum Gasteiger partial charge on any atom is 0.225 e. The van der Waals surface area contributed by atoms with E-state index >= 15 is 0 Å². The van der Waals surface area contributed by atoms with Gasteiger partial charge in [-0.3, -0.25) is 0 Å². The van der Waals surface area contributed by atoms with Gasteiger partial charge < -0.3 is 15.7 Å². The lowest BCUT2D eigenvalue weighted by molar-refractivity contribution is 0.292. The van der Waals surface area contributed by atoms with Crippen LogP contribution in [0.1, 0.15) is 6.42 Å². The summed E-state index contributed by atoms with van der Waals surface area (Å²) in [5.74, 6) is 1.15. The Balaban J connectivity index is 1.93. The van der Waals surface area contributed by atoms with Gasteiger partial charge in [-0.15, -0.1) is 0 Å². The largest absolute Gasteiger partial charge is 0.396 e. The predicted molar refractivity (Wildman–Crippen MR) is 102 cm³/mol. The standard InChI is InChI=1S/C19H19ClN4O/c20-15-9-4-5-10-16(15)22-18-13-17(14-7-2-1-3-8-14)23-19(24-18)21-11-6-12-25/h1-5,7-10,13,25H,6,11-12H2,(H2,21,22,23,24). The normalized spacial score (nSPS) is 10.5. The van der Waals surface area contributed by atoms with Crippen molar-refractivity contribution in [2.45, 2.75) is 6.42 Å². The Kier molecular flexibility index (Phi) is 5.82. The van der Waals surface area contributed by atoms with Gasteiger partial charge in [0.05, 0.1) is 16.4 Å². The van der Waals surface area contributed by atoms with Crippen molar-refractivity contribution in [1.82, 2.24) is 9.97 Å². The maximum atomic E-state index is 8.95. The smallest absolute Gasteiger partial charge is 0.225 e. The second-order valence-electron chi connectivity index (χ2n) is 5.44. The van der Waals surface area contributed by atoms with Crippen LogP contribution in [0.2, 0.25) is 5.02 Å². The van der Waals surface area contributed by atoms with Gasteiger partial charge in [0.1, 0.15) is 5.82 Å². The quantitative estimate of drug-likeness (QED) is 0.551. The SMILES string of the molecule is OCCCNc1nc(Nc2ccccc2Cl)cc(-c2ccccc2)n1. The van der Waals surface area contributed by atoms with E-state index in [9.17, 15) is 0 Å². The van der Waals surface area contributed by atoms with Crippen LogP contribution in [-0.2, 0) is 0 Å². The number of halogens is 1. The Morgan fingerprint density at radius 1 is 0.960 bits per heavy atom. The van der Waals surface area contributed by atoms with Crippen LogP contribution in [0.5, 0.6) is 0 Å². The van der Waals surface area contributed by atoms with E-state index in [1.165, 1.54) is 0 Å². The summed E-state index contributed by atoms with van der Waals surface area (Å²) in [6.45, 7) is 0.719. The zero-order valence-electron chi connectivity index (χ0n) is 13.6. The maximum absolute atomic E-state index is 8.95. The first-order chi connectivity index (χ1) is 12.3. The Hall–Kier alpha value is -2.63. The summed E-state index contributed by atoms with van der Waals surface area (Å²) in [4.78, 5) is 9.06. The van der Waals surface area contributed by atoms with Crippen LogP contribution < -0.4 is 10.6 Å². The average Bonchev–Trinajstić information content (AvgIpc) is 2.64. The molecular formula is C19H19ClN4O. The van der Waals surface area contributed by atoms with E-state index in [1.807, 2.05) is 60.7 Å². The molecule has 0 radical (unpaired) electrons. The summed E-state index contributed by atoms with van der Waals surface area (Å²) in [6.07, 6.45) is 0.631. The topological polar surface area (TPSA) is 70.1 Å². The number of aliphatic hydroxyl groups excluding tert-OH is 1. The van der Waals surface area contributed by atoms with Gasteiger partial charge in [-0.25, -0.2) is 4.98 Å². The molecule has 0 fully saturated rings. The molecule has 0 unspecified atom stereocenters. The molecule has 0 aliphatic heterocycles. The minimum absolute atomic E-state index is 0.121. The van der Waals surface area contributed by atoms with Gasteiger partial charge in [0.15, 0.2) is 0 Å². The van der Waals surface area contributed by atoms with Crippen molar-refractivity contribution in [3.8, 4) is 11.3 Å². The Labute approximate surface area is 151 Å². The molecule has 128 valence electrons. The summed E-state index contributed by atoms with van der Waals surface area (Å²) in [7, 11) is 0. The van der Waals surface area contributed by atoms with Crippen LogP contribution >= 0.6 is 11.6 Å². The van der Waals surface area contributed by atoms with E-state index in [0.29, 0.717) is 29.8 Å². The van der Waals surface area contributed by atoms with Crippen molar-refractivity contribution in [3.05, 3.63) is 65.7 Å². The van der Waals surface area contributed by atoms with Crippen LogP contribution in [-0.4, -0.2) is 28.2 Å². The highest BCUT2D eigenvalue weighted by Crippen LogP contribution is 2.27. The Bertz CT molecular complexity index is 827. The molecule has 25 heavy (non-hydrogen) atoms. The monoisotopic (exact) mass is 354 g/mol. The number of aromatic nitrogens is 2. The van der Waals surface area contributed by atoms with Gasteiger partial charge in [0, 0.05) is 24.8 Å². The lowest BCUT2D eigenvalue weighted by atomic mass is 10.1. The summed E-state index contributed by atoms with van der Waals surface area (Å²) in [6, 6.07) is 19.3. The summed E-state index contributed by atoms with van der Waals surface area (Å²) in [5, 5.41) is 16.0. The van der Waals surface area contributed by atoms with Crippen LogP contribution in [0.25, 0.3) is 11.3 Å². The van der Waals surface area contributed by atoms with E-state index in [0.717, 1.165) is 16.9 Å². The number of aliphatic hydroxyl groups is 1. The van der Waals surface area contributed by atoms with E-state index < -0.39 is 0 Å². The third-order valence-corrected chi connectivity index (χ3v) is 3.88. The number of anilines is 3. The lowest BCUT2D eigenvalue weighted by Gasteiger charge is -2.12. The van der Waals surface area contributed by atoms with Gasteiger partial charge in [0.25, 0.3) is 0 Å². The first-order valence-corrected chi connectivity index (χ1v) is 8.45. The van der Waals surface area contributed by atoms with Crippen molar-refractivity contribution in [2.24, 2.45) is 0 Å². The highest BCUT2D eigenvalue weighted by atomic mass is 35.5. The van der Waals surface area contributed by atoms with Crippen molar-refractivity contribution >= 4 is 29.1 Å². The van der Waals surface area contributed by atoms with Crippen LogP contribution in [0.4, 0.5) is 17.5 Å². The zero-order valence-corrected chi connectivity index (χ0v) is 14.4. The van der Waals surface area contributed by atoms with Gasteiger partial charge in [0.2, 0.25) is 5.95 Å². The van der Waals surface area contributed by atoms with Gasteiger partial charge in [-0.2, -0.15) is 4.98 Å². The van der Waals surface area contributed by atoms with Crippen molar-refractivity contribution in [2.75, 3.05) is 23.8 Å². The van der Waals surface area contributed by atoms with E-state index in [2.05, 4.69) is 20.6 Å². The van der Waals surface area contributed by atoms with E-state index in [4.69, 9.17) is 16.7 Å². The number of para-hydroxylation sites is 1. The molecule has 2 aromatic carbocycles. The summed E-state index contributed by atoms with van der Waals surface area (Å²) < 4.78 is 0. The molecule has 0 aliphatic rings. The van der Waals surface area contributed by atoms with Crippen molar-refractivity contribution < 1.29 is 5.11 Å². The van der Waals surface area contributed by atoms with Crippen LogP contribution in [0.15, 0.2) is 60.7 Å². The highest BCUT2D eigenvalue weighted by molar-refractivity contribution is 6.33. The zero-order chi connectivity index (χ0) is 17.5. The average molecular weight is 355 g/mol. The molecule has 3 aromatic rings. The number of hydrogen-bond donors (Lipinski definition) is 3. The fourth-order valence-corrected chi connectivity index (χ4v) is 2.51. The minimum Gasteiger partial charge on any atom is -0.396 e. The Morgan fingerprint density at radius 3 is 2.48 bits per heavy atom. The van der Waals surface area contributed by atoms with Crippen LogP contribution in [0.3, 0.4) is 0 Å². The molecule has 1 aromatic heterocycles. The molecule has 6 heteroatoms. The number of benzene rings is 2. The lowest BCUT2D eigenvalue weighted by Crippen LogP contribution is -2.08. The molecule has 0 aliphatic carbocycles. The molecule has 0 saturated heterocycles. The number of nitrogens with one attached hydrogen (secondary N) is 2. The van der Waals surface area contributed by atoms with Gasteiger partial charge >= 0.3 is 0 Å². The van der Waals surface area contributed by atoms with E-state index in [1.54, 1.807) is 0 Å². The third kappa shape index (κ3) is 4.68. The van der Waals surface area contributed by atoms with Gasteiger partial charge in [-0.1, -0.05) is 54.1 Å². The summed E-state index contributed by atoms with van der Waals surface area (Å²) in [5.41, 5.74) is 2.58.